The highest BCUT2D eigenvalue weighted by molar-refractivity contribution is 6.11. The molecular weight excluding hydrogens is 560 g/mol. The molecule has 0 spiro atoms. The standard InChI is InChI=1S/C31H36N4O6.ClH/c1-4-26(31(38)39)41-27-8-5-7-25(32-29(36)22-11-15-24(40-3)16-12-22)28(27)33-30(37)21-9-13-23(14-10-21)35-18-6-17-34(2)19-20-35;/h5,7-16,26H,4,6,17-20H2,1-3H3,(H,32,36)(H,33,37)(H,38,39);1H. The number of carbonyl (C=O) groups excluding carboxylic acids is 2. The van der Waals surface area contributed by atoms with Gasteiger partial charge in [-0.1, -0.05) is 13.0 Å². The van der Waals surface area contributed by atoms with Crippen molar-refractivity contribution in [2.45, 2.75) is 25.9 Å². The zero-order chi connectivity index (χ0) is 29.4. The number of rotatable bonds is 10. The molecule has 4 rings (SSSR count). The molecule has 0 saturated carbocycles. The Labute approximate surface area is 252 Å². The van der Waals surface area contributed by atoms with Gasteiger partial charge in [-0.05, 0) is 87.1 Å². The highest BCUT2D eigenvalue weighted by Crippen LogP contribution is 2.35. The number of anilines is 3. The van der Waals surface area contributed by atoms with E-state index in [0.29, 0.717) is 16.9 Å². The summed E-state index contributed by atoms with van der Waals surface area (Å²) in [5.74, 6) is -1.24. The molecule has 3 aromatic carbocycles. The van der Waals surface area contributed by atoms with E-state index in [1.54, 1.807) is 61.5 Å². The van der Waals surface area contributed by atoms with Gasteiger partial charge in [0.05, 0.1) is 12.8 Å². The zero-order valence-corrected chi connectivity index (χ0v) is 24.8. The fourth-order valence-corrected chi connectivity index (χ4v) is 4.57. The van der Waals surface area contributed by atoms with E-state index in [-0.39, 0.29) is 36.0 Å². The van der Waals surface area contributed by atoms with Gasteiger partial charge in [0.15, 0.2) is 6.10 Å². The smallest absolute Gasteiger partial charge is 0.344 e. The number of para-hydroxylation sites is 1. The predicted octanol–water partition coefficient (Wildman–Crippen LogP) is 5.01. The molecule has 42 heavy (non-hydrogen) atoms. The lowest BCUT2D eigenvalue weighted by Gasteiger charge is -2.23. The Hall–Kier alpha value is -4.28. The first-order valence-corrected chi connectivity index (χ1v) is 13.6. The second kappa shape index (κ2) is 15.1. The first kappa shape index (κ1) is 32.2. The highest BCUT2D eigenvalue weighted by atomic mass is 35.5. The maximum atomic E-state index is 13.4. The van der Waals surface area contributed by atoms with E-state index in [1.807, 2.05) is 12.1 Å². The Bertz CT molecular complexity index is 1370. The molecule has 3 N–H and O–H groups in total. The Morgan fingerprint density at radius 1 is 0.881 bits per heavy atom. The summed E-state index contributed by atoms with van der Waals surface area (Å²) in [4.78, 5) is 42.7. The van der Waals surface area contributed by atoms with Crippen LogP contribution >= 0.6 is 12.4 Å². The lowest BCUT2D eigenvalue weighted by molar-refractivity contribution is -0.145. The van der Waals surface area contributed by atoms with Crippen LogP contribution in [-0.4, -0.2) is 74.2 Å². The van der Waals surface area contributed by atoms with Crippen molar-refractivity contribution in [3.05, 3.63) is 77.9 Å². The molecule has 0 aromatic heterocycles. The van der Waals surface area contributed by atoms with Crippen molar-refractivity contribution >= 4 is 47.3 Å². The molecule has 0 aliphatic carbocycles. The first-order chi connectivity index (χ1) is 19.8. The van der Waals surface area contributed by atoms with Gasteiger partial charge in [-0.25, -0.2) is 4.79 Å². The molecule has 1 aliphatic rings. The number of halogens is 1. The van der Waals surface area contributed by atoms with Crippen LogP contribution in [0.25, 0.3) is 0 Å². The van der Waals surface area contributed by atoms with Gasteiger partial charge in [0.2, 0.25) is 0 Å². The van der Waals surface area contributed by atoms with E-state index < -0.39 is 23.9 Å². The summed E-state index contributed by atoms with van der Waals surface area (Å²) in [5.41, 5.74) is 2.26. The SMILES string of the molecule is CCC(Oc1cccc(NC(=O)c2ccc(OC)cc2)c1NC(=O)c1ccc(N2CCCN(C)CC2)cc1)C(=O)O.Cl. The fraction of sp³-hybridized carbons (Fsp3) is 0.323. The van der Waals surface area contributed by atoms with Crippen LogP contribution in [0.4, 0.5) is 17.1 Å². The van der Waals surface area contributed by atoms with Gasteiger partial charge in [-0.3, -0.25) is 9.59 Å². The van der Waals surface area contributed by atoms with Crippen molar-refractivity contribution < 1.29 is 29.0 Å². The Balaban J connectivity index is 0.00000484. The summed E-state index contributed by atoms with van der Waals surface area (Å²) in [6.45, 7) is 5.57. The number of benzene rings is 3. The summed E-state index contributed by atoms with van der Waals surface area (Å²) >= 11 is 0. The average molecular weight is 597 g/mol. The molecule has 2 amide bonds. The van der Waals surface area contributed by atoms with Gasteiger partial charge in [0, 0.05) is 36.4 Å². The number of hydrogen-bond donors (Lipinski definition) is 3. The van der Waals surface area contributed by atoms with Crippen LogP contribution in [-0.2, 0) is 4.79 Å². The van der Waals surface area contributed by atoms with Crippen molar-refractivity contribution in [3.63, 3.8) is 0 Å². The third-order valence-electron chi connectivity index (χ3n) is 6.99. The summed E-state index contributed by atoms with van der Waals surface area (Å²) in [5, 5.41) is 15.2. The first-order valence-electron chi connectivity index (χ1n) is 13.6. The maximum Gasteiger partial charge on any atom is 0.344 e. The summed E-state index contributed by atoms with van der Waals surface area (Å²) in [6.07, 6.45) is 0.138. The lowest BCUT2D eigenvalue weighted by atomic mass is 10.1. The van der Waals surface area contributed by atoms with Gasteiger partial charge in [-0.2, -0.15) is 0 Å². The molecule has 11 heteroatoms. The van der Waals surface area contributed by atoms with Crippen LogP contribution in [0.2, 0.25) is 0 Å². The van der Waals surface area contributed by atoms with Crippen LogP contribution < -0.4 is 25.0 Å². The summed E-state index contributed by atoms with van der Waals surface area (Å²) in [7, 11) is 3.66. The summed E-state index contributed by atoms with van der Waals surface area (Å²) in [6, 6.07) is 18.7. The minimum atomic E-state index is -1.13. The van der Waals surface area contributed by atoms with E-state index >= 15 is 0 Å². The van der Waals surface area contributed by atoms with Crippen LogP contribution in [0.5, 0.6) is 11.5 Å². The minimum absolute atomic E-state index is 0. The highest BCUT2D eigenvalue weighted by Gasteiger charge is 2.22. The molecule has 1 atom stereocenters. The molecule has 1 fully saturated rings. The molecule has 10 nitrogen and oxygen atoms in total. The van der Waals surface area contributed by atoms with Gasteiger partial charge < -0.3 is 35.0 Å². The largest absolute Gasteiger partial charge is 0.497 e. The third kappa shape index (κ3) is 8.14. The molecule has 1 unspecified atom stereocenters. The van der Waals surface area contributed by atoms with E-state index in [9.17, 15) is 19.5 Å². The van der Waals surface area contributed by atoms with Crippen molar-refractivity contribution in [2.24, 2.45) is 0 Å². The van der Waals surface area contributed by atoms with Gasteiger partial charge >= 0.3 is 5.97 Å². The number of carbonyl (C=O) groups is 3. The number of nitrogens with one attached hydrogen (secondary N) is 2. The van der Waals surface area contributed by atoms with Crippen LogP contribution in [0.3, 0.4) is 0 Å². The number of carboxylic acids is 1. The number of nitrogens with zero attached hydrogens (tertiary/aromatic N) is 2. The molecule has 3 aromatic rings. The number of carboxylic acid groups (broad SMARTS) is 1. The van der Waals surface area contributed by atoms with Gasteiger partial charge in [0.1, 0.15) is 17.2 Å². The van der Waals surface area contributed by atoms with Crippen molar-refractivity contribution in [1.29, 1.82) is 0 Å². The van der Waals surface area contributed by atoms with E-state index in [0.717, 1.165) is 38.3 Å². The molecule has 224 valence electrons. The van der Waals surface area contributed by atoms with Crippen LogP contribution in [0.15, 0.2) is 66.7 Å². The molecule has 1 heterocycles. The number of hydrogen-bond acceptors (Lipinski definition) is 7. The van der Waals surface area contributed by atoms with Crippen molar-refractivity contribution in [1.82, 2.24) is 4.90 Å². The normalized spacial score (nSPS) is 14.1. The van der Waals surface area contributed by atoms with E-state index in [4.69, 9.17) is 9.47 Å². The Kier molecular flexibility index (Phi) is 11.6. The quantitative estimate of drug-likeness (QED) is 0.299. The Morgan fingerprint density at radius 2 is 1.52 bits per heavy atom. The molecule has 1 aliphatic heterocycles. The number of ether oxygens (including phenoxy) is 2. The monoisotopic (exact) mass is 596 g/mol. The number of methoxy groups -OCH3 is 1. The van der Waals surface area contributed by atoms with Crippen molar-refractivity contribution in [2.75, 3.05) is 55.9 Å². The average Bonchev–Trinajstić information content (AvgIpc) is 3.21. The maximum absolute atomic E-state index is 13.4. The summed E-state index contributed by atoms with van der Waals surface area (Å²) < 4.78 is 10.9. The topological polar surface area (TPSA) is 120 Å². The third-order valence-corrected chi connectivity index (χ3v) is 6.99. The second-order valence-corrected chi connectivity index (χ2v) is 9.86. The minimum Gasteiger partial charge on any atom is -0.497 e. The number of amides is 2. The Morgan fingerprint density at radius 3 is 2.14 bits per heavy atom. The molecule has 0 radical (unpaired) electrons. The molecule has 0 bridgehead atoms. The number of aliphatic carboxylic acids is 1. The number of likely N-dealkylation sites (N-methyl/N-ethyl adjacent to an activating group) is 1. The predicted molar refractivity (Wildman–Crippen MR) is 166 cm³/mol. The van der Waals surface area contributed by atoms with E-state index in [1.165, 1.54) is 7.11 Å². The van der Waals surface area contributed by atoms with Crippen LogP contribution in [0, 0.1) is 0 Å². The van der Waals surface area contributed by atoms with E-state index in [2.05, 4.69) is 27.5 Å². The zero-order valence-electron chi connectivity index (χ0n) is 24.0. The van der Waals surface area contributed by atoms with Crippen LogP contribution in [0.1, 0.15) is 40.5 Å². The van der Waals surface area contributed by atoms with Crippen molar-refractivity contribution in [3.8, 4) is 11.5 Å². The fourth-order valence-electron chi connectivity index (χ4n) is 4.57. The molecule has 1 saturated heterocycles. The van der Waals surface area contributed by atoms with Gasteiger partial charge in [-0.15, -0.1) is 12.4 Å². The van der Waals surface area contributed by atoms with Gasteiger partial charge in [0.25, 0.3) is 11.8 Å². The lowest BCUT2D eigenvalue weighted by Crippen LogP contribution is -2.28. The molecular formula is C31H37ClN4O6. The second-order valence-electron chi connectivity index (χ2n) is 9.86.